The van der Waals surface area contributed by atoms with Crippen molar-refractivity contribution in [3.63, 3.8) is 0 Å². The molecule has 0 aliphatic carbocycles. The van der Waals surface area contributed by atoms with Crippen LogP contribution in [-0.2, 0) is 5.75 Å². The molecule has 0 radical (unpaired) electrons. The zero-order chi connectivity index (χ0) is 15.4. The van der Waals surface area contributed by atoms with Crippen molar-refractivity contribution in [2.45, 2.75) is 17.8 Å². The molecule has 0 saturated heterocycles. The molecule has 0 spiro atoms. The molecule has 3 aromatic rings. The number of aromatic nitrogens is 6. The van der Waals surface area contributed by atoms with E-state index in [1.807, 2.05) is 31.2 Å². The predicted octanol–water partition coefficient (Wildman–Crippen LogP) is 1.92. The Bertz CT molecular complexity index is 741. The Morgan fingerprint density at radius 2 is 2.00 bits per heavy atom. The highest BCUT2D eigenvalue weighted by Gasteiger charge is 2.07. The third kappa shape index (κ3) is 3.70. The standard InChI is InChI=1S/C13H14N8S/c1-8-2-4-9(5-3-8)17-12-19-10(18-11(14)20-12)6-22-13-15-7-16-21-13/h2-5,7H,6H2,1H3,(H,15,16,21)(H3,14,17,18,19,20). The first kappa shape index (κ1) is 14.3. The van der Waals surface area contributed by atoms with Crippen molar-refractivity contribution >= 4 is 29.3 Å². The molecule has 3 rings (SSSR count). The smallest absolute Gasteiger partial charge is 0.232 e. The molecule has 22 heavy (non-hydrogen) atoms. The molecular weight excluding hydrogens is 300 g/mol. The van der Waals surface area contributed by atoms with Crippen LogP contribution in [0, 0.1) is 6.92 Å². The lowest BCUT2D eigenvalue weighted by atomic mass is 10.2. The van der Waals surface area contributed by atoms with E-state index in [0.29, 0.717) is 22.7 Å². The van der Waals surface area contributed by atoms with Gasteiger partial charge in [-0.25, -0.2) is 4.98 Å². The van der Waals surface area contributed by atoms with Crippen molar-refractivity contribution in [1.29, 1.82) is 0 Å². The highest BCUT2D eigenvalue weighted by Crippen LogP contribution is 2.18. The summed E-state index contributed by atoms with van der Waals surface area (Å²) in [6, 6.07) is 7.93. The summed E-state index contributed by atoms with van der Waals surface area (Å²) in [5, 5.41) is 10.4. The van der Waals surface area contributed by atoms with Gasteiger partial charge >= 0.3 is 0 Å². The average Bonchev–Trinajstić information content (AvgIpc) is 3.00. The summed E-state index contributed by atoms with van der Waals surface area (Å²) in [5.74, 6) is 1.69. The molecule has 0 atom stereocenters. The van der Waals surface area contributed by atoms with Crippen molar-refractivity contribution in [1.82, 2.24) is 30.1 Å². The summed E-state index contributed by atoms with van der Waals surface area (Å²) in [6.07, 6.45) is 1.45. The number of nitrogens with one attached hydrogen (secondary N) is 2. The van der Waals surface area contributed by atoms with Crippen LogP contribution < -0.4 is 11.1 Å². The molecule has 2 heterocycles. The molecular formula is C13H14N8S. The lowest BCUT2D eigenvalue weighted by molar-refractivity contribution is 0.955. The number of thioether (sulfide) groups is 1. The molecule has 0 aliphatic rings. The Morgan fingerprint density at radius 3 is 2.73 bits per heavy atom. The molecule has 4 N–H and O–H groups in total. The quantitative estimate of drug-likeness (QED) is 0.611. The minimum atomic E-state index is 0.179. The predicted molar refractivity (Wildman–Crippen MR) is 84.6 cm³/mol. The van der Waals surface area contributed by atoms with Gasteiger partial charge in [0.25, 0.3) is 0 Å². The first-order chi connectivity index (χ1) is 10.7. The number of benzene rings is 1. The Hall–Kier alpha value is -2.68. The van der Waals surface area contributed by atoms with Gasteiger partial charge in [-0.15, -0.1) is 0 Å². The van der Waals surface area contributed by atoms with Crippen LogP contribution >= 0.6 is 11.8 Å². The largest absolute Gasteiger partial charge is 0.368 e. The Balaban J connectivity index is 1.73. The van der Waals surface area contributed by atoms with Gasteiger partial charge in [0.05, 0.1) is 5.75 Å². The number of hydrogen-bond donors (Lipinski definition) is 3. The summed E-state index contributed by atoms with van der Waals surface area (Å²) in [4.78, 5) is 16.6. The van der Waals surface area contributed by atoms with Gasteiger partial charge in [-0.2, -0.15) is 20.1 Å². The van der Waals surface area contributed by atoms with Crippen molar-refractivity contribution in [3.05, 3.63) is 42.0 Å². The van der Waals surface area contributed by atoms with E-state index in [1.54, 1.807) is 0 Å². The Morgan fingerprint density at radius 1 is 1.18 bits per heavy atom. The fraction of sp³-hybridized carbons (Fsp3) is 0.154. The van der Waals surface area contributed by atoms with Gasteiger partial charge < -0.3 is 11.1 Å². The maximum Gasteiger partial charge on any atom is 0.232 e. The van der Waals surface area contributed by atoms with Crippen LogP contribution in [0.5, 0.6) is 0 Å². The summed E-state index contributed by atoms with van der Waals surface area (Å²) in [6.45, 7) is 2.03. The molecule has 112 valence electrons. The second-order valence-electron chi connectivity index (χ2n) is 4.50. The number of nitrogens with two attached hydrogens (primary N) is 1. The second-order valence-corrected chi connectivity index (χ2v) is 5.47. The van der Waals surface area contributed by atoms with Crippen LogP contribution in [0.25, 0.3) is 0 Å². The van der Waals surface area contributed by atoms with E-state index >= 15 is 0 Å². The van der Waals surface area contributed by atoms with E-state index in [4.69, 9.17) is 5.73 Å². The van der Waals surface area contributed by atoms with Crippen LogP contribution in [0.4, 0.5) is 17.6 Å². The SMILES string of the molecule is Cc1ccc(Nc2nc(N)nc(CSc3ncn[nH]3)n2)cc1. The zero-order valence-electron chi connectivity index (χ0n) is 11.8. The maximum atomic E-state index is 5.74. The van der Waals surface area contributed by atoms with Gasteiger partial charge in [0, 0.05) is 5.69 Å². The van der Waals surface area contributed by atoms with Crippen molar-refractivity contribution in [2.24, 2.45) is 0 Å². The van der Waals surface area contributed by atoms with Crippen molar-refractivity contribution in [2.75, 3.05) is 11.1 Å². The van der Waals surface area contributed by atoms with Crippen LogP contribution in [0.3, 0.4) is 0 Å². The lowest BCUT2D eigenvalue weighted by Gasteiger charge is -2.07. The molecule has 0 amide bonds. The van der Waals surface area contributed by atoms with E-state index in [-0.39, 0.29) is 5.95 Å². The number of aryl methyl sites for hydroxylation is 1. The minimum Gasteiger partial charge on any atom is -0.368 e. The van der Waals surface area contributed by atoms with E-state index in [1.165, 1.54) is 23.7 Å². The monoisotopic (exact) mass is 314 g/mol. The van der Waals surface area contributed by atoms with Crippen LogP contribution in [0.1, 0.15) is 11.4 Å². The molecule has 8 nitrogen and oxygen atoms in total. The fourth-order valence-corrected chi connectivity index (χ4v) is 2.35. The molecule has 0 aliphatic heterocycles. The number of nitrogens with zero attached hydrogens (tertiary/aromatic N) is 5. The van der Waals surface area contributed by atoms with Crippen LogP contribution in [0.2, 0.25) is 0 Å². The van der Waals surface area contributed by atoms with Crippen molar-refractivity contribution < 1.29 is 0 Å². The molecule has 0 saturated carbocycles. The topological polar surface area (TPSA) is 118 Å². The first-order valence-corrected chi connectivity index (χ1v) is 7.50. The van der Waals surface area contributed by atoms with Crippen LogP contribution in [0.15, 0.2) is 35.7 Å². The highest BCUT2D eigenvalue weighted by molar-refractivity contribution is 7.98. The van der Waals surface area contributed by atoms with Gasteiger partial charge in [0.2, 0.25) is 11.9 Å². The van der Waals surface area contributed by atoms with E-state index in [0.717, 1.165) is 5.69 Å². The minimum absolute atomic E-state index is 0.179. The molecule has 9 heteroatoms. The second kappa shape index (κ2) is 6.39. The number of H-pyrrole nitrogens is 1. The van der Waals surface area contributed by atoms with Gasteiger partial charge in [0.15, 0.2) is 5.16 Å². The maximum absolute atomic E-state index is 5.74. The molecule has 0 unspecified atom stereocenters. The van der Waals surface area contributed by atoms with Crippen LogP contribution in [-0.4, -0.2) is 30.1 Å². The van der Waals surface area contributed by atoms with Gasteiger partial charge in [-0.1, -0.05) is 29.5 Å². The summed E-state index contributed by atoms with van der Waals surface area (Å²) in [7, 11) is 0. The van der Waals surface area contributed by atoms with Gasteiger partial charge in [-0.3, -0.25) is 5.10 Å². The van der Waals surface area contributed by atoms with Gasteiger partial charge in [-0.05, 0) is 19.1 Å². The Kier molecular flexibility index (Phi) is 4.15. The third-order valence-electron chi connectivity index (χ3n) is 2.74. The number of hydrogen-bond acceptors (Lipinski definition) is 8. The van der Waals surface area contributed by atoms with Gasteiger partial charge in [0.1, 0.15) is 12.2 Å². The first-order valence-electron chi connectivity index (χ1n) is 6.51. The summed E-state index contributed by atoms with van der Waals surface area (Å²) < 4.78 is 0. The van der Waals surface area contributed by atoms with E-state index in [9.17, 15) is 0 Å². The number of aromatic amines is 1. The average molecular weight is 314 g/mol. The zero-order valence-corrected chi connectivity index (χ0v) is 12.6. The highest BCUT2D eigenvalue weighted by atomic mass is 32.2. The molecule has 2 aromatic heterocycles. The van der Waals surface area contributed by atoms with E-state index in [2.05, 4.69) is 35.5 Å². The summed E-state index contributed by atoms with van der Waals surface area (Å²) >= 11 is 1.44. The normalized spacial score (nSPS) is 10.6. The summed E-state index contributed by atoms with van der Waals surface area (Å²) in [5.41, 5.74) is 7.82. The molecule has 0 bridgehead atoms. The number of rotatable bonds is 5. The fourth-order valence-electron chi connectivity index (χ4n) is 1.72. The third-order valence-corrected chi connectivity index (χ3v) is 3.61. The number of anilines is 3. The lowest BCUT2D eigenvalue weighted by Crippen LogP contribution is -2.06. The number of nitrogen functional groups attached to an aromatic ring is 1. The van der Waals surface area contributed by atoms with E-state index < -0.39 is 0 Å². The molecule has 1 aromatic carbocycles. The Labute approximate surface area is 131 Å². The van der Waals surface area contributed by atoms with Crippen molar-refractivity contribution in [3.8, 4) is 0 Å². The molecule has 0 fully saturated rings.